The number of amides is 2. The zero-order valence-corrected chi connectivity index (χ0v) is 15.9. The maximum absolute atomic E-state index is 13.2. The molecule has 0 bridgehead atoms. The summed E-state index contributed by atoms with van der Waals surface area (Å²) in [5.74, 6) is 0.599. The number of pyridine rings is 1. The maximum atomic E-state index is 13.2. The molecule has 3 atom stereocenters. The number of likely N-dealkylation sites (tertiary alicyclic amines) is 2. The van der Waals surface area contributed by atoms with Crippen LogP contribution in [0.15, 0.2) is 18.5 Å². The van der Waals surface area contributed by atoms with Gasteiger partial charge in [0.1, 0.15) is 0 Å². The molecular formula is C20H30N4O2. The minimum Gasteiger partial charge on any atom is -0.398 e. The average molecular weight is 358 g/mol. The van der Waals surface area contributed by atoms with Gasteiger partial charge >= 0.3 is 0 Å². The first-order valence-electron chi connectivity index (χ1n) is 9.82. The number of nitrogen functional groups attached to an aromatic ring is 1. The Morgan fingerprint density at radius 3 is 2.77 bits per heavy atom. The quantitative estimate of drug-likeness (QED) is 0.897. The Morgan fingerprint density at radius 2 is 2.12 bits per heavy atom. The molecule has 3 unspecified atom stereocenters. The van der Waals surface area contributed by atoms with Crippen LogP contribution in [0.2, 0.25) is 0 Å². The SMILES string of the molecule is CCCC1C(C(=O)N2CCC(C)C2)CCCN1C(=O)c1cnccc1N. The molecule has 2 aliphatic heterocycles. The molecule has 2 N–H and O–H groups in total. The molecule has 0 radical (unpaired) electrons. The topological polar surface area (TPSA) is 79.5 Å². The smallest absolute Gasteiger partial charge is 0.257 e. The Balaban J connectivity index is 1.82. The van der Waals surface area contributed by atoms with Crippen molar-refractivity contribution in [2.24, 2.45) is 11.8 Å². The number of hydrogen-bond donors (Lipinski definition) is 1. The molecule has 3 heterocycles. The van der Waals surface area contributed by atoms with E-state index in [4.69, 9.17) is 5.73 Å². The van der Waals surface area contributed by atoms with Gasteiger partial charge in [-0.05, 0) is 37.7 Å². The van der Waals surface area contributed by atoms with Crippen molar-refractivity contribution in [2.45, 2.75) is 52.0 Å². The number of hydrogen-bond acceptors (Lipinski definition) is 4. The van der Waals surface area contributed by atoms with E-state index < -0.39 is 0 Å². The van der Waals surface area contributed by atoms with Gasteiger partial charge in [-0.25, -0.2) is 0 Å². The zero-order valence-electron chi connectivity index (χ0n) is 15.9. The van der Waals surface area contributed by atoms with Gasteiger partial charge in [0.15, 0.2) is 0 Å². The number of carbonyl (C=O) groups excluding carboxylic acids is 2. The first-order valence-corrected chi connectivity index (χ1v) is 9.82. The van der Waals surface area contributed by atoms with Crippen LogP contribution < -0.4 is 5.73 Å². The van der Waals surface area contributed by atoms with Crippen LogP contribution in [0.3, 0.4) is 0 Å². The molecular weight excluding hydrogens is 328 g/mol. The third-order valence-corrected chi connectivity index (χ3v) is 5.76. The zero-order chi connectivity index (χ0) is 18.7. The lowest BCUT2D eigenvalue weighted by molar-refractivity contribution is -0.138. The summed E-state index contributed by atoms with van der Waals surface area (Å²) < 4.78 is 0. The highest BCUT2D eigenvalue weighted by Crippen LogP contribution is 2.32. The molecule has 6 heteroatoms. The summed E-state index contributed by atoms with van der Waals surface area (Å²) >= 11 is 0. The number of rotatable bonds is 4. The Hall–Kier alpha value is -2.11. The summed E-state index contributed by atoms with van der Waals surface area (Å²) in [4.78, 5) is 34.2. The Labute approximate surface area is 155 Å². The van der Waals surface area contributed by atoms with Crippen LogP contribution >= 0.6 is 0 Å². The number of anilines is 1. The number of carbonyl (C=O) groups is 2. The van der Waals surface area contributed by atoms with Crippen LogP contribution in [0.4, 0.5) is 5.69 Å². The molecule has 0 saturated carbocycles. The third-order valence-electron chi connectivity index (χ3n) is 5.76. The monoisotopic (exact) mass is 358 g/mol. The van der Waals surface area contributed by atoms with Gasteiger partial charge in [0.2, 0.25) is 5.91 Å². The molecule has 0 aliphatic carbocycles. The van der Waals surface area contributed by atoms with Crippen LogP contribution in [0, 0.1) is 11.8 Å². The predicted molar refractivity (Wildman–Crippen MR) is 101 cm³/mol. The van der Waals surface area contributed by atoms with E-state index in [1.165, 1.54) is 6.20 Å². The molecule has 3 rings (SSSR count). The van der Waals surface area contributed by atoms with Crippen molar-refractivity contribution in [3.63, 3.8) is 0 Å². The minimum absolute atomic E-state index is 0.0516. The van der Waals surface area contributed by atoms with Gasteiger partial charge in [-0.15, -0.1) is 0 Å². The highest BCUT2D eigenvalue weighted by Gasteiger charge is 2.41. The Morgan fingerprint density at radius 1 is 1.31 bits per heavy atom. The predicted octanol–water partition coefficient (Wildman–Crippen LogP) is 2.55. The van der Waals surface area contributed by atoms with Crippen LogP contribution in [-0.4, -0.2) is 52.3 Å². The number of piperidine rings is 1. The van der Waals surface area contributed by atoms with E-state index in [2.05, 4.69) is 18.8 Å². The molecule has 2 saturated heterocycles. The molecule has 2 amide bonds. The van der Waals surface area contributed by atoms with E-state index in [0.717, 1.165) is 45.2 Å². The second kappa shape index (κ2) is 8.06. The highest BCUT2D eigenvalue weighted by atomic mass is 16.2. The van der Waals surface area contributed by atoms with Gasteiger partial charge in [0.25, 0.3) is 5.91 Å². The second-order valence-corrected chi connectivity index (χ2v) is 7.74. The Kier molecular flexibility index (Phi) is 5.79. The lowest BCUT2D eigenvalue weighted by Crippen LogP contribution is -2.53. The number of nitrogens with two attached hydrogens (primary N) is 1. The first-order chi connectivity index (χ1) is 12.5. The van der Waals surface area contributed by atoms with Crippen molar-refractivity contribution in [3.8, 4) is 0 Å². The second-order valence-electron chi connectivity index (χ2n) is 7.74. The third kappa shape index (κ3) is 3.69. The summed E-state index contributed by atoms with van der Waals surface area (Å²) in [6, 6.07) is 1.60. The summed E-state index contributed by atoms with van der Waals surface area (Å²) in [7, 11) is 0. The van der Waals surface area contributed by atoms with Crippen molar-refractivity contribution in [2.75, 3.05) is 25.4 Å². The van der Waals surface area contributed by atoms with E-state index >= 15 is 0 Å². The van der Waals surface area contributed by atoms with Gasteiger partial charge in [-0.1, -0.05) is 20.3 Å². The lowest BCUT2D eigenvalue weighted by Gasteiger charge is -2.42. The van der Waals surface area contributed by atoms with Gasteiger partial charge in [0.05, 0.1) is 11.5 Å². The summed E-state index contributed by atoms with van der Waals surface area (Å²) in [6.07, 6.45) is 7.70. The van der Waals surface area contributed by atoms with Crippen LogP contribution in [0.5, 0.6) is 0 Å². The molecule has 0 aromatic carbocycles. The number of nitrogens with zero attached hydrogens (tertiary/aromatic N) is 3. The normalized spacial score (nSPS) is 26.2. The molecule has 0 spiro atoms. The van der Waals surface area contributed by atoms with Crippen molar-refractivity contribution < 1.29 is 9.59 Å². The van der Waals surface area contributed by atoms with Gasteiger partial charge < -0.3 is 15.5 Å². The van der Waals surface area contributed by atoms with Crippen LogP contribution in [0.25, 0.3) is 0 Å². The van der Waals surface area contributed by atoms with Crippen molar-refractivity contribution in [1.82, 2.24) is 14.8 Å². The summed E-state index contributed by atoms with van der Waals surface area (Å²) in [5.41, 5.74) is 6.88. The van der Waals surface area contributed by atoms with Crippen LogP contribution in [0.1, 0.15) is 56.3 Å². The fraction of sp³-hybridized carbons (Fsp3) is 0.650. The number of aromatic nitrogens is 1. The van der Waals surface area contributed by atoms with Gasteiger partial charge in [-0.2, -0.15) is 0 Å². The minimum atomic E-state index is -0.101. The molecule has 142 valence electrons. The standard InChI is InChI=1S/C20H30N4O2/c1-3-5-18-15(19(25)23-11-8-14(2)13-23)6-4-10-24(18)20(26)16-12-22-9-7-17(16)21/h7,9,12,14-15,18H,3-6,8,10-11,13H2,1-2H3,(H2,21,22). The Bertz CT molecular complexity index is 663. The summed E-state index contributed by atoms with van der Waals surface area (Å²) in [6.45, 7) is 6.67. The maximum Gasteiger partial charge on any atom is 0.257 e. The van der Waals surface area contributed by atoms with Crippen molar-refractivity contribution in [3.05, 3.63) is 24.0 Å². The lowest BCUT2D eigenvalue weighted by atomic mass is 9.84. The van der Waals surface area contributed by atoms with Crippen molar-refractivity contribution in [1.29, 1.82) is 0 Å². The van der Waals surface area contributed by atoms with Gasteiger partial charge in [0, 0.05) is 43.8 Å². The van der Waals surface area contributed by atoms with E-state index in [1.54, 1.807) is 12.3 Å². The summed E-state index contributed by atoms with van der Waals surface area (Å²) in [5, 5.41) is 0. The molecule has 1 aromatic rings. The molecule has 2 aliphatic rings. The van der Waals surface area contributed by atoms with E-state index in [0.29, 0.717) is 23.7 Å². The van der Waals surface area contributed by atoms with E-state index in [1.807, 2.05) is 9.80 Å². The highest BCUT2D eigenvalue weighted by molar-refractivity contribution is 5.99. The average Bonchev–Trinajstić information content (AvgIpc) is 3.08. The molecule has 6 nitrogen and oxygen atoms in total. The largest absolute Gasteiger partial charge is 0.398 e. The van der Waals surface area contributed by atoms with Crippen LogP contribution in [-0.2, 0) is 4.79 Å². The molecule has 26 heavy (non-hydrogen) atoms. The van der Waals surface area contributed by atoms with E-state index in [-0.39, 0.29) is 23.8 Å². The molecule has 1 aromatic heterocycles. The first kappa shape index (κ1) is 18.7. The fourth-order valence-corrected chi connectivity index (χ4v) is 4.36. The van der Waals surface area contributed by atoms with Crippen molar-refractivity contribution >= 4 is 17.5 Å². The molecule has 2 fully saturated rings. The van der Waals surface area contributed by atoms with Gasteiger partial charge in [-0.3, -0.25) is 14.6 Å². The fourth-order valence-electron chi connectivity index (χ4n) is 4.36. The van der Waals surface area contributed by atoms with E-state index in [9.17, 15) is 9.59 Å².